The van der Waals surface area contributed by atoms with Crippen LogP contribution in [-0.2, 0) is 12.8 Å². The molecule has 0 saturated heterocycles. The summed E-state index contributed by atoms with van der Waals surface area (Å²) >= 11 is 3.36. The molecule has 0 aliphatic heterocycles. The first-order chi connectivity index (χ1) is 8.16. The highest BCUT2D eigenvalue weighted by atomic mass is 79.9. The van der Waals surface area contributed by atoms with Gasteiger partial charge in [-0.2, -0.15) is 0 Å². The Morgan fingerprint density at radius 2 is 2.00 bits per heavy atom. The van der Waals surface area contributed by atoms with Crippen LogP contribution in [0, 0.1) is 0 Å². The average Bonchev–Trinajstić information content (AvgIpc) is 2.76. The summed E-state index contributed by atoms with van der Waals surface area (Å²) in [6.45, 7) is 0. The zero-order valence-corrected chi connectivity index (χ0v) is 10.5. The van der Waals surface area contributed by atoms with Crippen molar-refractivity contribution in [1.82, 2.24) is 4.98 Å². The fourth-order valence-corrected chi connectivity index (χ4v) is 1.80. The standard InChI is InChI=1S/C12H10BrNO3/c13-9-4-1-8(2-5-9)3-6-10-11(12(15)16)14-7-17-10/h1-2,4-5,7H,3,6H2,(H,15,16). The largest absolute Gasteiger partial charge is 0.476 e. The molecule has 0 aliphatic carbocycles. The second kappa shape index (κ2) is 5.14. The van der Waals surface area contributed by atoms with Crippen LogP contribution in [-0.4, -0.2) is 16.1 Å². The highest BCUT2D eigenvalue weighted by Gasteiger charge is 2.14. The number of carbonyl (C=O) groups is 1. The van der Waals surface area contributed by atoms with Crippen molar-refractivity contribution >= 4 is 21.9 Å². The Hall–Kier alpha value is -1.62. The van der Waals surface area contributed by atoms with Crippen molar-refractivity contribution in [3.05, 3.63) is 52.1 Å². The van der Waals surface area contributed by atoms with Crippen molar-refractivity contribution < 1.29 is 14.3 Å². The van der Waals surface area contributed by atoms with Crippen LogP contribution in [0.4, 0.5) is 0 Å². The van der Waals surface area contributed by atoms with Gasteiger partial charge in [-0.15, -0.1) is 0 Å². The molecule has 1 aromatic heterocycles. The van der Waals surface area contributed by atoms with Gasteiger partial charge in [0.25, 0.3) is 0 Å². The third-order valence-corrected chi connectivity index (χ3v) is 2.93. The molecule has 0 amide bonds. The lowest BCUT2D eigenvalue weighted by molar-refractivity contribution is 0.0689. The first-order valence-corrected chi connectivity index (χ1v) is 5.86. The molecule has 1 N–H and O–H groups in total. The van der Waals surface area contributed by atoms with Crippen molar-refractivity contribution in [2.75, 3.05) is 0 Å². The third-order valence-electron chi connectivity index (χ3n) is 2.40. The number of hydrogen-bond acceptors (Lipinski definition) is 3. The van der Waals surface area contributed by atoms with Gasteiger partial charge in [-0.1, -0.05) is 28.1 Å². The molecule has 1 aromatic carbocycles. The van der Waals surface area contributed by atoms with Gasteiger partial charge in [0.05, 0.1) is 0 Å². The third kappa shape index (κ3) is 2.94. The first kappa shape index (κ1) is 11.9. The van der Waals surface area contributed by atoms with Crippen LogP contribution in [0.1, 0.15) is 21.8 Å². The Morgan fingerprint density at radius 3 is 2.65 bits per heavy atom. The molecule has 2 rings (SSSR count). The summed E-state index contributed by atoms with van der Waals surface area (Å²) in [5.74, 6) is -0.634. The molecule has 0 radical (unpaired) electrons. The van der Waals surface area contributed by atoms with Crippen LogP contribution < -0.4 is 0 Å². The normalized spacial score (nSPS) is 10.4. The smallest absolute Gasteiger partial charge is 0.358 e. The molecule has 0 bridgehead atoms. The number of halogens is 1. The van der Waals surface area contributed by atoms with Gasteiger partial charge in [-0.05, 0) is 24.1 Å². The zero-order valence-electron chi connectivity index (χ0n) is 8.89. The van der Waals surface area contributed by atoms with Crippen LogP contribution in [0.15, 0.2) is 39.5 Å². The lowest BCUT2D eigenvalue weighted by Gasteiger charge is -2.00. The van der Waals surface area contributed by atoms with Crippen LogP contribution >= 0.6 is 15.9 Å². The summed E-state index contributed by atoms with van der Waals surface area (Å²) in [5.41, 5.74) is 1.13. The van der Waals surface area contributed by atoms with Gasteiger partial charge >= 0.3 is 5.97 Å². The maximum atomic E-state index is 10.8. The molecule has 88 valence electrons. The van der Waals surface area contributed by atoms with Gasteiger partial charge < -0.3 is 9.52 Å². The highest BCUT2D eigenvalue weighted by Crippen LogP contribution is 2.14. The van der Waals surface area contributed by atoms with Gasteiger partial charge in [-0.25, -0.2) is 9.78 Å². The molecular weight excluding hydrogens is 286 g/mol. The van der Waals surface area contributed by atoms with Crippen molar-refractivity contribution in [2.24, 2.45) is 0 Å². The fourth-order valence-electron chi connectivity index (χ4n) is 1.53. The number of rotatable bonds is 4. The Balaban J connectivity index is 2.05. The maximum absolute atomic E-state index is 10.8. The second-order valence-electron chi connectivity index (χ2n) is 3.56. The molecule has 0 spiro atoms. The van der Waals surface area contributed by atoms with E-state index in [1.54, 1.807) is 0 Å². The summed E-state index contributed by atoms with van der Waals surface area (Å²) in [4.78, 5) is 14.5. The van der Waals surface area contributed by atoms with E-state index in [9.17, 15) is 4.79 Å². The summed E-state index contributed by atoms with van der Waals surface area (Å²) in [6.07, 6.45) is 2.42. The molecule has 0 saturated carbocycles. The van der Waals surface area contributed by atoms with E-state index in [0.29, 0.717) is 12.2 Å². The molecule has 0 unspecified atom stereocenters. The second-order valence-corrected chi connectivity index (χ2v) is 4.47. The van der Waals surface area contributed by atoms with Crippen LogP contribution in [0.3, 0.4) is 0 Å². The number of carboxylic acid groups (broad SMARTS) is 1. The SMILES string of the molecule is O=C(O)c1ncoc1CCc1ccc(Br)cc1. The van der Waals surface area contributed by atoms with E-state index in [1.807, 2.05) is 24.3 Å². The fraction of sp³-hybridized carbons (Fsp3) is 0.167. The molecule has 0 fully saturated rings. The molecule has 5 heteroatoms. The molecule has 0 aliphatic rings. The van der Waals surface area contributed by atoms with E-state index in [2.05, 4.69) is 20.9 Å². The number of aromatic carboxylic acids is 1. The van der Waals surface area contributed by atoms with E-state index in [4.69, 9.17) is 9.52 Å². The number of hydrogen-bond donors (Lipinski definition) is 1. The van der Waals surface area contributed by atoms with Crippen molar-refractivity contribution in [3.63, 3.8) is 0 Å². The van der Waals surface area contributed by atoms with Crippen molar-refractivity contribution in [1.29, 1.82) is 0 Å². The number of oxazole rings is 1. The van der Waals surface area contributed by atoms with E-state index in [1.165, 1.54) is 6.39 Å². The van der Waals surface area contributed by atoms with Gasteiger partial charge in [-0.3, -0.25) is 0 Å². The van der Waals surface area contributed by atoms with E-state index in [0.717, 1.165) is 16.5 Å². The Morgan fingerprint density at radius 1 is 1.29 bits per heavy atom. The zero-order chi connectivity index (χ0) is 12.3. The van der Waals surface area contributed by atoms with Crippen molar-refractivity contribution in [3.8, 4) is 0 Å². The highest BCUT2D eigenvalue weighted by molar-refractivity contribution is 9.10. The number of aromatic nitrogens is 1. The minimum Gasteiger partial charge on any atom is -0.476 e. The molecule has 0 atom stereocenters. The number of benzene rings is 1. The summed E-state index contributed by atoms with van der Waals surface area (Å²) in [7, 11) is 0. The number of carboxylic acids is 1. The predicted octanol–water partition coefficient (Wildman–Crippen LogP) is 2.92. The minimum atomic E-state index is -1.05. The van der Waals surface area contributed by atoms with Gasteiger partial charge in [0, 0.05) is 10.9 Å². The monoisotopic (exact) mass is 295 g/mol. The van der Waals surface area contributed by atoms with Gasteiger partial charge in [0.1, 0.15) is 5.76 Å². The number of aryl methyl sites for hydroxylation is 2. The molecule has 1 heterocycles. The lowest BCUT2D eigenvalue weighted by Crippen LogP contribution is -2.02. The van der Waals surface area contributed by atoms with Crippen LogP contribution in [0.2, 0.25) is 0 Å². The minimum absolute atomic E-state index is 0.00196. The molecule has 2 aromatic rings. The van der Waals surface area contributed by atoms with Crippen LogP contribution in [0.5, 0.6) is 0 Å². The summed E-state index contributed by atoms with van der Waals surface area (Å²) in [6, 6.07) is 7.88. The van der Waals surface area contributed by atoms with Gasteiger partial charge in [0.15, 0.2) is 12.1 Å². The molecular formula is C12H10BrNO3. The Labute approximate surface area is 106 Å². The maximum Gasteiger partial charge on any atom is 0.358 e. The Kier molecular flexibility index (Phi) is 3.58. The quantitative estimate of drug-likeness (QED) is 0.942. The predicted molar refractivity (Wildman–Crippen MR) is 65.0 cm³/mol. The first-order valence-electron chi connectivity index (χ1n) is 5.07. The summed E-state index contributed by atoms with van der Waals surface area (Å²) < 4.78 is 6.09. The summed E-state index contributed by atoms with van der Waals surface area (Å²) in [5, 5.41) is 8.86. The number of nitrogens with zero attached hydrogens (tertiary/aromatic N) is 1. The van der Waals surface area contributed by atoms with E-state index in [-0.39, 0.29) is 5.69 Å². The van der Waals surface area contributed by atoms with Crippen LogP contribution in [0.25, 0.3) is 0 Å². The van der Waals surface area contributed by atoms with Gasteiger partial charge in [0.2, 0.25) is 0 Å². The van der Waals surface area contributed by atoms with E-state index >= 15 is 0 Å². The molecule has 17 heavy (non-hydrogen) atoms. The lowest BCUT2D eigenvalue weighted by atomic mass is 10.1. The Bertz CT molecular complexity index is 519. The van der Waals surface area contributed by atoms with Crippen molar-refractivity contribution in [2.45, 2.75) is 12.8 Å². The topological polar surface area (TPSA) is 63.3 Å². The molecule has 4 nitrogen and oxygen atoms in total. The van der Waals surface area contributed by atoms with E-state index < -0.39 is 5.97 Å². The average molecular weight is 296 g/mol.